The van der Waals surface area contributed by atoms with Gasteiger partial charge in [-0.15, -0.1) is 0 Å². The molecular weight excluding hydrogens is 342 g/mol. The van der Waals surface area contributed by atoms with Crippen LogP contribution in [0.15, 0.2) is 82.6 Å². The van der Waals surface area contributed by atoms with Crippen molar-refractivity contribution in [2.24, 2.45) is 0 Å². The van der Waals surface area contributed by atoms with Gasteiger partial charge in [-0.2, -0.15) is 0 Å². The summed E-state index contributed by atoms with van der Waals surface area (Å²) in [5, 5.41) is 4.30. The minimum Gasteiger partial charge on any atom is -0.353 e. The fourth-order valence-corrected chi connectivity index (χ4v) is 6.08. The van der Waals surface area contributed by atoms with Crippen molar-refractivity contribution in [2.45, 2.75) is 9.79 Å². The quantitative estimate of drug-likeness (QED) is 0.403. The Kier molecular flexibility index (Phi) is 2.46. The molecule has 4 heteroatoms. The van der Waals surface area contributed by atoms with Gasteiger partial charge < -0.3 is 4.98 Å². The number of hydrogen-bond donors (Lipinski definition) is 1. The minimum absolute atomic E-state index is 0.394. The molecule has 1 aliphatic heterocycles. The van der Waals surface area contributed by atoms with Gasteiger partial charge in [0.1, 0.15) is 4.90 Å². The molecule has 6 rings (SSSR count). The SMILES string of the molecule is O=S1(=O)c2ccccc2-c2ccc3c([nH]c4ccc5ccccc5c43)c21. The van der Waals surface area contributed by atoms with Crippen LogP contribution >= 0.6 is 0 Å². The Balaban J connectivity index is 1.86. The predicted octanol–water partition coefficient (Wildman–Crippen LogP) is 5.29. The summed E-state index contributed by atoms with van der Waals surface area (Å²) in [5.41, 5.74) is 3.22. The molecule has 2 heterocycles. The zero-order valence-electron chi connectivity index (χ0n) is 13.7. The highest BCUT2D eigenvalue weighted by atomic mass is 32.2. The van der Waals surface area contributed by atoms with E-state index < -0.39 is 9.84 Å². The lowest BCUT2D eigenvalue weighted by atomic mass is 10.0. The highest BCUT2D eigenvalue weighted by molar-refractivity contribution is 7.92. The Morgan fingerprint density at radius 3 is 2.42 bits per heavy atom. The molecule has 5 aromatic rings. The predicted molar refractivity (Wildman–Crippen MR) is 104 cm³/mol. The van der Waals surface area contributed by atoms with Crippen molar-refractivity contribution in [3.63, 3.8) is 0 Å². The summed E-state index contributed by atoms with van der Waals surface area (Å²) in [6.07, 6.45) is 0. The number of benzene rings is 4. The monoisotopic (exact) mass is 355 g/mol. The van der Waals surface area contributed by atoms with Crippen LogP contribution in [0, 0.1) is 0 Å². The lowest BCUT2D eigenvalue weighted by Gasteiger charge is -2.02. The summed E-state index contributed by atoms with van der Waals surface area (Å²) in [5.74, 6) is 0. The maximum Gasteiger partial charge on any atom is 0.209 e. The summed E-state index contributed by atoms with van der Waals surface area (Å²) in [6.45, 7) is 0. The minimum atomic E-state index is -3.52. The first-order chi connectivity index (χ1) is 12.7. The fraction of sp³-hybridized carbons (Fsp3) is 0. The van der Waals surface area contributed by atoms with Gasteiger partial charge in [-0.1, -0.05) is 60.7 Å². The van der Waals surface area contributed by atoms with Gasteiger partial charge in [0, 0.05) is 27.4 Å². The molecule has 0 saturated heterocycles. The Hall–Kier alpha value is -3.11. The Labute approximate surface area is 149 Å². The molecule has 0 atom stereocenters. The van der Waals surface area contributed by atoms with E-state index in [0.717, 1.165) is 38.2 Å². The standard InChI is InChI=1S/C22H13NO2S/c24-26(25)19-8-4-3-7-15(19)16-10-11-17-20-14-6-2-1-5-13(14)9-12-18(20)23-21(17)22(16)26/h1-12,23H. The highest BCUT2D eigenvalue weighted by Gasteiger charge is 2.35. The first kappa shape index (κ1) is 14.1. The van der Waals surface area contributed by atoms with Crippen molar-refractivity contribution < 1.29 is 8.42 Å². The normalized spacial score (nSPS) is 14.8. The van der Waals surface area contributed by atoms with Crippen LogP contribution in [0.2, 0.25) is 0 Å². The third-order valence-corrected chi connectivity index (χ3v) is 7.25. The van der Waals surface area contributed by atoms with E-state index in [1.165, 1.54) is 0 Å². The van der Waals surface area contributed by atoms with Crippen LogP contribution in [0.5, 0.6) is 0 Å². The molecule has 3 nitrogen and oxygen atoms in total. The molecule has 1 N–H and O–H groups in total. The number of fused-ring (bicyclic) bond motifs is 9. The van der Waals surface area contributed by atoms with E-state index >= 15 is 0 Å². The van der Waals surface area contributed by atoms with Crippen LogP contribution in [-0.2, 0) is 9.84 Å². The van der Waals surface area contributed by atoms with Gasteiger partial charge >= 0.3 is 0 Å². The van der Waals surface area contributed by atoms with Gasteiger partial charge in [0.25, 0.3) is 0 Å². The summed E-state index contributed by atoms with van der Waals surface area (Å²) in [4.78, 5) is 4.18. The number of rotatable bonds is 0. The van der Waals surface area contributed by atoms with Gasteiger partial charge in [0.2, 0.25) is 9.84 Å². The van der Waals surface area contributed by atoms with E-state index in [1.807, 2.05) is 42.5 Å². The number of sulfone groups is 1. The van der Waals surface area contributed by atoms with Gasteiger partial charge in [0.15, 0.2) is 0 Å². The second-order valence-corrected chi connectivity index (χ2v) is 8.55. The Bertz CT molecular complexity index is 1490. The number of aromatic nitrogens is 1. The number of H-pyrrole nitrogens is 1. The number of hydrogen-bond acceptors (Lipinski definition) is 2. The summed E-state index contributed by atoms with van der Waals surface area (Å²) >= 11 is 0. The van der Waals surface area contributed by atoms with Crippen molar-refractivity contribution in [1.29, 1.82) is 0 Å². The van der Waals surface area contributed by atoms with E-state index in [0.29, 0.717) is 15.3 Å². The zero-order valence-corrected chi connectivity index (χ0v) is 14.5. The lowest BCUT2D eigenvalue weighted by Crippen LogP contribution is -1.97. The molecule has 124 valence electrons. The van der Waals surface area contributed by atoms with Crippen molar-refractivity contribution in [1.82, 2.24) is 4.98 Å². The molecule has 0 bridgehead atoms. The lowest BCUT2D eigenvalue weighted by molar-refractivity contribution is 0.599. The van der Waals surface area contributed by atoms with Gasteiger partial charge in [-0.25, -0.2) is 8.42 Å². The Morgan fingerprint density at radius 2 is 1.50 bits per heavy atom. The molecule has 0 aliphatic carbocycles. The molecule has 1 aromatic heterocycles. The average molecular weight is 355 g/mol. The third kappa shape index (κ3) is 1.56. The first-order valence-corrected chi connectivity index (χ1v) is 9.95. The highest BCUT2D eigenvalue weighted by Crippen LogP contribution is 2.47. The average Bonchev–Trinajstić information content (AvgIpc) is 3.15. The van der Waals surface area contributed by atoms with Crippen LogP contribution < -0.4 is 0 Å². The van der Waals surface area contributed by atoms with Crippen LogP contribution in [0.3, 0.4) is 0 Å². The van der Waals surface area contributed by atoms with Crippen LogP contribution in [-0.4, -0.2) is 13.4 Å². The van der Waals surface area contributed by atoms with Crippen LogP contribution in [0.25, 0.3) is 43.7 Å². The van der Waals surface area contributed by atoms with Gasteiger partial charge in [0.05, 0.1) is 10.4 Å². The molecule has 0 amide bonds. The smallest absolute Gasteiger partial charge is 0.209 e. The van der Waals surface area contributed by atoms with Crippen LogP contribution in [0.4, 0.5) is 0 Å². The molecule has 4 aromatic carbocycles. The largest absolute Gasteiger partial charge is 0.353 e. The molecule has 0 spiro atoms. The molecule has 0 saturated carbocycles. The maximum atomic E-state index is 13.2. The van der Waals surface area contributed by atoms with Gasteiger partial charge in [-0.05, 0) is 22.9 Å². The summed E-state index contributed by atoms with van der Waals surface area (Å²) in [7, 11) is -3.52. The van der Waals surface area contributed by atoms with Gasteiger partial charge in [-0.3, -0.25) is 0 Å². The Morgan fingerprint density at radius 1 is 0.692 bits per heavy atom. The van der Waals surface area contributed by atoms with Crippen molar-refractivity contribution in [3.05, 3.63) is 72.8 Å². The topological polar surface area (TPSA) is 49.9 Å². The fourth-order valence-electron chi connectivity index (χ4n) is 4.24. The second kappa shape index (κ2) is 4.54. The summed E-state index contributed by atoms with van der Waals surface area (Å²) < 4.78 is 26.4. The molecule has 0 unspecified atom stereocenters. The first-order valence-electron chi connectivity index (χ1n) is 8.47. The molecule has 1 aliphatic rings. The zero-order chi connectivity index (χ0) is 17.5. The van der Waals surface area contributed by atoms with E-state index in [2.05, 4.69) is 23.2 Å². The third-order valence-electron chi connectivity index (χ3n) is 5.35. The van der Waals surface area contributed by atoms with E-state index in [9.17, 15) is 8.42 Å². The van der Waals surface area contributed by atoms with Crippen molar-refractivity contribution in [2.75, 3.05) is 0 Å². The summed E-state index contributed by atoms with van der Waals surface area (Å²) in [6, 6.07) is 23.5. The molecular formula is C22H13NO2S. The van der Waals surface area contributed by atoms with E-state index in [1.54, 1.807) is 12.1 Å². The maximum absolute atomic E-state index is 13.2. The molecule has 26 heavy (non-hydrogen) atoms. The van der Waals surface area contributed by atoms with Crippen molar-refractivity contribution >= 4 is 42.4 Å². The molecule has 0 fully saturated rings. The number of nitrogens with one attached hydrogen (secondary N) is 1. The second-order valence-electron chi connectivity index (χ2n) is 6.70. The number of aromatic amines is 1. The van der Waals surface area contributed by atoms with Crippen molar-refractivity contribution in [3.8, 4) is 11.1 Å². The molecule has 0 radical (unpaired) electrons. The van der Waals surface area contributed by atoms with E-state index in [-0.39, 0.29) is 0 Å². The van der Waals surface area contributed by atoms with E-state index in [4.69, 9.17) is 0 Å². The van der Waals surface area contributed by atoms with Crippen LogP contribution in [0.1, 0.15) is 0 Å².